The van der Waals surface area contributed by atoms with Crippen molar-refractivity contribution in [1.82, 2.24) is 0 Å². The maximum absolute atomic E-state index is 14.1. The van der Waals surface area contributed by atoms with E-state index in [4.69, 9.17) is 10.7 Å². The quantitative estimate of drug-likeness (QED) is 0.110. The van der Waals surface area contributed by atoms with Gasteiger partial charge in [0, 0.05) is 17.1 Å². The third-order valence-corrected chi connectivity index (χ3v) is 8.27. The molecule has 3 nitrogen and oxygen atoms in total. The van der Waals surface area contributed by atoms with Crippen LogP contribution in [0, 0.1) is 20.8 Å². The van der Waals surface area contributed by atoms with Gasteiger partial charge >= 0.3 is 12.4 Å². The Kier molecular flexibility index (Phi) is 9.35. The van der Waals surface area contributed by atoms with E-state index in [0.29, 0.717) is 50.6 Å². The Morgan fingerprint density at radius 3 is 1.40 bits per heavy atom. The molecule has 5 rings (SSSR count). The van der Waals surface area contributed by atoms with Crippen LogP contribution in [-0.4, -0.2) is 11.4 Å². The molecule has 0 amide bonds. The Bertz CT molecular complexity index is 2050. The summed E-state index contributed by atoms with van der Waals surface area (Å²) in [6, 6.07) is 26.0. The lowest BCUT2D eigenvalue weighted by Gasteiger charge is -2.14. The first-order valence-corrected chi connectivity index (χ1v) is 15.1. The van der Waals surface area contributed by atoms with Crippen molar-refractivity contribution in [3.05, 3.63) is 136 Å². The number of hydrogen-bond acceptors (Lipinski definition) is 3. The Morgan fingerprint density at radius 2 is 0.896 bits per heavy atom. The van der Waals surface area contributed by atoms with Gasteiger partial charge in [-0.2, -0.15) is 26.3 Å². The summed E-state index contributed by atoms with van der Waals surface area (Å²) in [5.74, 6) is 0. The molecule has 0 aliphatic heterocycles. The molecule has 9 heteroatoms. The number of nitrogens with two attached hydrogens (primary N) is 1. The highest BCUT2D eigenvalue weighted by Gasteiger charge is 2.34. The molecule has 0 atom stereocenters. The van der Waals surface area contributed by atoms with Gasteiger partial charge in [-0.15, -0.1) is 0 Å². The van der Waals surface area contributed by atoms with Gasteiger partial charge in [-0.05, 0) is 127 Å². The number of aryl methyl sites for hydroxylation is 3. The molecule has 0 heterocycles. The zero-order chi connectivity index (χ0) is 35.0. The lowest BCUT2D eigenvalue weighted by atomic mass is 9.98. The number of hydrogen-bond donors (Lipinski definition) is 1. The number of alkyl halides is 6. The van der Waals surface area contributed by atoms with Gasteiger partial charge in [-0.1, -0.05) is 54.6 Å². The van der Waals surface area contributed by atoms with E-state index < -0.39 is 23.5 Å². The third kappa shape index (κ3) is 7.51. The Balaban J connectivity index is 1.38. The molecule has 5 aromatic carbocycles. The maximum atomic E-state index is 14.1. The Morgan fingerprint density at radius 1 is 0.479 bits per heavy atom. The number of rotatable bonds is 6. The molecule has 0 aliphatic rings. The zero-order valence-electron chi connectivity index (χ0n) is 27.0. The van der Waals surface area contributed by atoms with E-state index in [-0.39, 0.29) is 11.3 Å². The molecular weight excluding hydrogens is 624 g/mol. The fourth-order valence-electron chi connectivity index (χ4n) is 5.41. The number of anilines is 1. The van der Waals surface area contributed by atoms with Gasteiger partial charge in [0.2, 0.25) is 0 Å². The van der Waals surface area contributed by atoms with Crippen molar-refractivity contribution in [2.24, 2.45) is 9.98 Å². The number of halogens is 6. The smallest absolute Gasteiger partial charge is 0.399 e. The second kappa shape index (κ2) is 13.1. The number of aliphatic imine (C=N–C) groups is 2. The van der Waals surface area contributed by atoms with Crippen LogP contribution in [0.5, 0.6) is 0 Å². The molecule has 2 N–H and O–H groups in total. The minimum absolute atomic E-state index is 0.164. The van der Waals surface area contributed by atoms with Crippen molar-refractivity contribution in [2.45, 2.75) is 47.0 Å². The van der Waals surface area contributed by atoms with Crippen LogP contribution in [0.3, 0.4) is 0 Å². The average Bonchev–Trinajstić information content (AvgIpc) is 3.02. The monoisotopic (exact) mass is 657 g/mol. The summed E-state index contributed by atoms with van der Waals surface area (Å²) in [4.78, 5) is 9.09. The zero-order valence-corrected chi connectivity index (χ0v) is 27.0. The molecule has 0 fully saturated rings. The fourth-order valence-corrected chi connectivity index (χ4v) is 5.41. The van der Waals surface area contributed by atoms with Crippen molar-refractivity contribution < 1.29 is 26.3 Å². The van der Waals surface area contributed by atoms with Gasteiger partial charge in [0.25, 0.3) is 0 Å². The van der Waals surface area contributed by atoms with E-state index in [1.165, 1.54) is 19.1 Å². The number of benzene rings is 5. The van der Waals surface area contributed by atoms with Gasteiger partial charge in [0.1, 0.15) is 0 Å². The summed E-state index contributed by atoms with van der Waals surface area (Å²) in [6.07, 6.45) is -9.05. The largest absolute Gasteiger partial charge is 0.418 e. The maximum Gasteiger partial charge on any atom is 0.418 e. The van der Waals surface area contributed by atoms with Crippen LogP contribution >= 0.6 is 0 Å². The van der Waals surface area contributed by atoms with Gasteiger partial charge in [0.15, 0.2) is 0 Å². The lowest BCUT2D eigenvalue weighted by molar-refractivity contribution is -0.138. The second-order valence-electron chi connectivity index (χ2n) is 11.8. The van der Waals surface area contributed by atoms with Crippen LogP contribution in [0.4, 0.5) is 43.4 Å². The van der Waals surface area contributed by atoms with Gasteiger partial charge in [0.05, 0.1) is 22.5 Å². The van der Waals surface area contributed by atoms with E-state index in [1.54, 1.807) is 74.5 Å². The summed E-state index contributed by atoms with van der Waals surface area (Å²) in [7, 11) is 0. The van der Waals surface area contributed by atoms with Gasteiger partial charge < -0.3 is 5.73 Å². The molecule has 0 saturated heterocycles. The number of nitrogen functional groups attached to an aromatic ring is 1. The average molecular weight is 658 g/mol. The van der Waals surface area contributed by atoms with Crippen LogP contribution in [0.1, 0.15) is 52.8 Å². The van der Waals surface area contributed by atoms with Crippen LogP contribution < -0.4 is 5.73 Å². The first-order chi connectivity index (χ1) is 22.5. The summed E-state index contributed by atoms with van der Waals surface area (Å²) in [5.41, 5.74) is 11.9. The first kappa shape index (κ1) is 34.2. The standard InChI is InChI=1S/C39H33F6N3/c1-22-6-7-31(20-33(22)38(40,41)42)30-13-16-36(24(3)19-30)47-25(4)27-8-10-28(11-9-27)26(5)48-37-17-14-32(21-34(37)39(43,44)45)29-12-15-35(46)23(2)18-29/h6-21H,46H2,1-5H3. The molecule has 0 saturated carbocycles. The molecule has 246 valence electrons. The van der Waals surface area contributed by atoms with E-state index in [9.17, 15) is 26.3 Å². The molecule has 0 aromatic heterocycles. The van der Waals surface area contributed by atoms with Gasteiger partial charge in [-0.25, -0.2) is 0 Å². The van der Waals surface area contributed by atoms with Crippen molar-refractivity contribution in [1.29, 1.82) is 0 Å². The highest BCUT2D eigenvalue weighted by molar-refractivity contribution is 6.03. The summed E-state index contributed by atoms with van der Waals surface area (Å²) in [6.45, 7) is 8.57. The fraction of sp³-hybridized carbons (Fsp3) is 0.179. The predicted molar refractivity (Wildman–Crippen MR) is 183 cm³/mol. The molecule has 0 aliphatic carbocycles. The van der Waals surface area contributed by atoms with Crippen LogP contribution in [-0.2, 0) is 12.4 Å². The first-order valence-electron chi connectivity index (χ1n) is 15.1. The molecule has 5 aromatic rings. The molecular formula is C39H33F6N3. The van der Waals surface area contributed by atoms with E-state index in [1.807, 2.05) is 26.0 Å². The predicted octanol–water partition coefficient (Wildman–Crippen LogP) is 11.8. The third-order valence-electron chi connectivity index (χ3n) is 8.27. The van der Waals surface area contributed by atoms with Crippen molar-refractivity contribution >= 4 is 28.5 Å². The molecule has 0 bridgehead atoms. The summed E-state index contributed by atoms with van der Waals surface area (Å²) < 4.78 is 82.7. The van der Waals surface area contributed by atoms with Crippen LogP contribution in [0.2, 0.25) is 0 Å². The second-order valence-corrected chi connectivity index (χ2v) is 11.8. The van der Waals surface area contributed by atoms with Crippen LogP contribution in [0.15, 0.2) is 107 Å². The molecule has 0 radical (unpaired) electrons. The van der Waals surface area contributed by atoms with E-state index in [0.717, 1.165) is 28.8 Å². The van der Waals surface area contributed by atoms with Crippen LogP contribution in [0.25, 0.3) is 22.3 Å². The SMILES string of the molecule is CC(=Nc1ccc(-c2ccc(C)c(C(F)(F)F)c2)cc1C)c1ccc(C(C)=Nc2ccc(-c3ccc(N)c(C)c3)cc2C(F)(F)F)cc1. The molecule has 0 spiro atoms. The summed E-state index contributed by atoms with van der Waals surface area (Å²) >= 11 is 0. The minimum atomic E-state index is -4.61. The summed E-state index contributed by atoms with van der Waals surface area (Å²) in [5, 5.41) is 0. The number of nitrogens with zero attached hydrogens (tertiary/aromatic N) is 2. The van der Waals surface area contributed by atoms with E-state index in [2.05, 4.69) is 4.99 Å². The topological polar surface area (TPSA) is 50.7 Å². The minimum Gasteiger partial charge on any atom is -0.399 e. The van der Waals surface area contributed by atoms with E-state index >= 15 is 0 Å². The Labute approximate surface area is 275 Å². The molecule has 0 unspecified atom stereocenters. The van der Waals surface area contributed by atoms with Crippen molar-refractivity contribution in [3.8, 4) is 22.3 Å². The highest BCUT2D eigenvalue weighted by atomic mass is 19.4. The highest BCUT2D eigenvalue weighted by Crippen LogP contribution is 2.40. The Hall–Kier alpha value is -5.18. The lowest BCUT2D eigenvalue weighted by Crippen LogP contribution is -2.07. The van der Waals surface area contributed by atoms with Crippen molar-refractivity contribution in [3.63, 3.8) is 0 Å². The molecule has 48 heavy (non-hydrogen) atoms. The normalized spacial score (nSPS) is 12.8. The van der Waals surface area contributed by atoms with Crippen molar-refractivity contribution in [2.75, 3.05) is 5.73 Å². The van der Waals surface area contributed by atoms with Gasteiger partial charge in [-0.3, -0.25) is 9.98 Å².